The van der Waals surface area contributed by atoms with E-state index in [4.69, 9.17) is 12.2 Å². The van der Waals surface area contributed by atoms with Gasteiger partial charge in [0.05, 0.1) is 5.69 Å². The second kappa shape index (κ2) is 4.35. The normalized spacial score (nSPS) is 11.8. The largest absolute Gasteiger partial charge is 0.337 e. The lowest BCUT2D eigenvalue weighted by Gasteiger charge is -2.21. The van der Waals surface area contributed by atoms with Crippen molar-refractivity contribution in [2.45, 2.75) is 33.1 Å². The highest BCUT2D eigenvalue weighted by Gasteiger charge is 2.21. The van der Waals surface area contributed by atoms with Crippen LogP contribution in [0.25, 0.3) is 5.69 Å². The van der Waals surface area contributed by atoms with Crippen LogP contribution in [0, 0.1) is 17.5 Å². The molecule has 0 atom stereocenters. The van der Waals surface area contributed by atoms with Crippen LogP contribution in [-0.4, -0.2) is 9.55 Å². The average Bonchev–Trinajstić information content (AvgIpc) is 2.63. The number of nitrogens with zero attached hydrogens (tertiary/aromatic N) is 1. The molecule has 96 valence electrons. The number of nitrogens with one attached hydrogen (secondary N) is 1. The molecule has 4 heteroatoms. The van der Waals surface area contributed by atoms with Gasteiger partial charge in [-0.05, 0) is 36.8 Å². The Bertz CT molecular complexity index is 632. The van der Waals surface area contributed by atoms with Crippen molar-refractivity contribution < 1.29 is 4.39 Å². The van der Waals surface area contributed by atoms with Crippen molar-refractivity contribution in [1.82, 2.24) is 9.55 Å². The van der Waals surface area contributed by atoms with Crippen molar-refractivity contribution >= 4 is 12.2 Å². The predicted octanol–water partition coefficient (Wildman–Crippen LogP) is 4.28. The number of halogens is 1. The molecule has 0 fully saturated rings. The van der Waals surface area contributed by atoms with E-state index in [9.17, 15) is 4.39 Å². The number of aryl methyl sites for hydroxylation is 1. The minimum Gasteiger partial charge on any atom is -0.337 e. The lowest BCUT2D eigenvalue weighted by Crippen LogP contribution is -2.17. The first kappa shape index (κ1) is 13.0. The lowest BCUT2D eigenvalue weighted by molar-refractivity contribution is 0.554. The van der Waals surface area contributed by atoms with Crippen LogP contribution in [0.15, 0.2) is 24.4 Å². The van der Waals surface area contributed by atoms with Crippen LogP contribution in [-0.2, 0) is 5.41 Å². The fourth-order valence-corrected chi connectivity index (χ4v) is 2.24. The Hall–Kier alpha value is -1.42. The molecule has 1 N–H and O–H groups in total. The summed E-state index contributed by atoms with van der Waals surface area (Å²) in [4.78, 5) is 3.04. The molecule has 0 aliphatic heterocycles. The molecule has 0 unspecified atom stereocenters. The van der Waals surface area contributed by atoms with E-state index in [-0.39, 0.29) is 11.2 Å². The van der Waals surface area contributed by atoms with Crippen molar-refractivity contribution in [2.75, 3.05) is 0 Å². The maximum Gasteiger partial charge on any atom is 0.182 e. The highest BCUT2D eigenvalue weighted by Crippen LogP contribution is 2.27. The summed E-state index contributed by atoms with van der Waals surface area (Å²) >= 11 is 5.31. The summed E-state index contributed by atoms with van der Waals surface area (Å²) in [5.74, 6) is -0.251. The first-order valence-electron chi connectivity index (χ1n) is 5.88. The van der Waals surface area contributed by atoms with Crippen LogP contribution in [0.2, 0.25) is 0 Å². The van der Waals surface area contributed by atoms with E-state index in [1.54, 1.807) is 6.07 Å². The van der Waals surface area contributed by atoms with Gasteiger partial charge in [0.1, 0.15) is 5.82 Å². The van der Waals surface area contributed by atoms with Crippen LogP contribution < -0.4 is 0 Å². The summed E-state index contributed by atoms with van der Waals surface area (Å²) < 4.78 is 15.9. The van der Waals surface area contributed by atoms with Gasteiger partial charge in [0.2, 0.25) is 0 Å². The van der Waals surface area contributed by atoms with Gasteiger partial charge < -0.3 is 4.98 Å². The summed E-state index contributed by atoms with van der Waals surface area (Å²) in [5, 5.41) is 0. The topological polar surface area (TPSA) is 20.7 Å². The van der Waals surface area contributed by atoms with E-state index >= 15 is 0 Å². The van der Waals surface area contributed by atoms with Crippen molar-refractivity contribution in [3.63, 3.8) is 0 Å². The summed E-state index contributed by atoms with van der Waals surface area (Å²) in [7, 11) is 0. The monoisotopic (exact) mass is 264 g/mol. The number of rotatable bonds is 1. The zero-order valence-electron chi connectivity index (χ0n) is 11.0. The van der Waals surface area contributed by atoms with Gasteiger partial charge in [-0.25, -0.2) is 4.39 Å². The number of H-pyrrole nitrogens is 1. The van der Waals surface area contributed by atoms with Crippen molar-refractivity contribution in [2.24, 2.45) is 0 Å². The third-order valence-electron chi connectivity index (χ3n) is 2.96. The molecule has 2 nitrogen and oxygen atoms in total. The molecular weight excluding hydrogens is 247 g/mol. The minimum absolute atomic E-state index is 0.0632. The van der Waals surface area contributed by atoms with E-state index in [0.29, 0.717) is 4.77 Å². The Morgan fingerprint density at radius 1 is 1.28 bits per heavy atom. The van der Waals surface area contributed by atoms with Gasteiger partial charge in [-0.2, -0.15) is 0 Å². The third kappa shape index (κ3) is 2.25. The summed E-state index contributed by atoms with van der Waals surface area (Å²) in [6.07, 6.45) is 1.90. The highest BCUT2D eigenvalue weighted by atomic mass is 32.1. The lowest BCUT2D eigenvalue weighted by atomic mass is 9.92. The Labute approximate surface area is 111 Å². The molecule has 2 aromatic rings. The van der Waals surface area contributed by atoms with Crippen LogP contribution in [0.4, 0.5) is 4.39 Å². The standard InChI is InChI=1S/C14H17FN2S/c1-9-5-6-10(15)7-11(9)17-12(14(2,3)4)8-16-13(17)18/h5-8H,1-4H3,(H,16,18). The van der Waals surface area contributed by atoms with Crippen molar-refractivity contribution in [1.29, 1.82) is 0 Å². The van der Waals surface area contributed by atoms with Crippen LogP contribution in [0.1, 0.15) is 32.0 Å². The smallest absolute Gasteiger partial charge is 0.182 e. The average molecular weight is 264 g/mol. The van der Waals surface area contributed by atoms with Gasteiger partial charge in [0.15, 0.2) is 4.77 Å². The number of imidazole rings is 1. The van der Waals surface area contributed by atoms with Crippen LogP contribution in [0.3, 0.4) is 0 Å². The Kier molecular flexibility index (Phi) is 3.15. The first-order valence-corrected chi connectivity index (χ1v) is 6.29. The molecule has 1 aromatic carbocycles. The summed E-state index contributed by atoms with van der Waals surface area (Å²) in [6, 6.07) is 4.76. The maximum absolute atomic E-state index is 13.4. The van der Waals surface area contributed by atoms with E-state index in [1.807, 2.05) is 17.7 Å². The van der Waals surface area contributed by atoms with Crippen molar-refractivity contribution in [3.05, 3.63) is 46.2 Å². The number of benzene rings is 1. The summed E-state index contributed by atoms with van der Waals surface area (Å²) in [6.45, 7) is 8.28. The Balaban J connectivity index is 2.75. The highest BCUT2D eigenvalue weighted by molar-refractivity contribution is 7.71. The minimum atomic E-state index is -0.251. The van der Waals surface area contributed by atoms with E-state index < -0.39 is 0 Å². The Morgan fingerprint density at radius 2 is 1.94 bits per heavy atom. The van der Waals surface area contributed by atoms with Gasteiger partial charge in [0.25, 0.3) is 0 Å². The fraction of sp³-hybridized carbons (Fsp3) is 0.357. The molecule has 0 saturated carbocycles. The Morgan fingerprint density at radius 3 is 2.56 bits per heavy atom. The van der Waals surface area contributed by atoms with Crippen molar-refractivity contribution in [3.8, 4) is 5.69 Å². The molecule has 1 aromatic heterocycles. The molecule has 2 rings (SSSR count). The maximum atomic E-state index is 13.4. The van der Waals surface area contributed by atoms with Gasteiger partial charge in [-0.3, -0.25) is 4.57 Å². The number of aromatic nitrogens is 2. The molecule has 0 saturated heterocycles. The quantitative estimate of drug-likeness (QED) is 0.762. The zero-order valence-corrected chi connectivity index (χ0v) is 11.9. The van der Waals surface area contributed by atoms with Gasteiger partial charge >= 0.3 is 0 Å². The predicted molar refractivity (Wildman–Crippen MR) is 74.3 cm³/mol. The SMILES string of the molecule is Cc1ccc(F)cc1-n1c(C(C)(C)C)c[nH]c1=S. The molecule has 0 radical (unpaired) electrons. The number of hydrogen-bond donors (Lipinski definition) is 1. The van der Waals surface area contributed by atoms with Gasteiger partial charge in [-0.15, -0.1) is 0 Å². The van der Waals surface area contributed by atoms with E-state index in [0.717, 1.165) is 16.9 Å². The molecule has 0 bridgehead atoms. The van der Waals surface area contributed by atoms with Crippen LogP contribution >= 0.6 is 12.2 Å². The third-order valence-corrected chi connectivity index (χ3v) is 3.26. The van der Waals surface area contributed by atoms with Crippen LogP contribution in [0.5, 0.6) is 0 Å². The fourth-order valence-electron chi connectivity index (χ4n) is 1.98. The zero-order chi connectivity index (χ0) is 13.5. The first-order chi connectivity index (χ1) is 8.30. The molecule has 0 spiro atoms. The molecular formula is C14H17FN2S. The van der Waals surface area contributed by atoms with Gasteiger partial charge in [0, 0.05) is 17.3 Å². The van der Waals surface area contributed by atoms with E-state index in [1.165, 1.54) is 12.1 Å². The van der Waals surface area contributed by atoms with Gasteiger partial charge in [-0.1, -0.05) is 26.8 Å². The molecule has 0 aliphatic carbocycles. The van der Waals surface area contributed by atoms with E-state index in [2.05, 4.69) is 25.8 Å². The molecule has 18 heavy (non-hydrogen) atoms. The second-order valence-electron chi connectivity index (χ2n) is 5.50. The molecule has 0 aliphatic rings. The molecule has 1 heterocycles. The second-order valence-corrected chi connectivity index (χ2v) is 5.88. The number of hydrogen-bond acceptors (Lipinski definition) is 1. The molecule has 0 amide bonds. The number of aromatic amines is 1. The summed E-state index contributed by atoms with van der Waals surface area (Å²) in [5.41, 5.74) is 2.77.